The van der Waals surface area contributed by atoms with E-state index >= 15 is 0 Å². The van der Waals surface area contributed by atoms with Gasteiger partial charge in [-0.3, -0.25) is 4.99 Å². The van der Waals surface area contributed by atoms with Crippen LogP contribution in [-0.4, -0.2) is 24.5 Å². The molecule has 0 amide bonds. The minimum Gasteiger partial charge on any atom is -0.356 e. The summed E-state index contributed by atoms with van der Waals surface area (Å²) in [5.74, 6) is 0.826. The zero-order chi connectivity index (χ0) is 14.2. The summed E-state index contributed by atoms with van der Waals surface area (Å²) in [7, 11) is 1.79. The van der Waals surface area contributed by atoms with Crippen LogP contribution in [0.3, 0.4) is 0 Å². The maximum atomic E-state index is 4.24. The molecule has 0 unspecified atom stereocenters. The van der Waals surface area contributed by atoms with Gasteiger partial charge >= 0.3 is 0 Å². The normalized spacial score (nSPS) is 11.4. The van der Waals surface area contributed by atoms with E-state index in [1.807, 2.05) is 19.2 Å². The molecular weight excluding hydrogens is 268 g/mol. The van der Waals surface area contributed by atoms with Gasteiger partial charge in [0.2, 0.25) is 0 Å². The molecule has 0 saturated heterocycles. The first kappa shape index (κ1) is 14.5. The van der Waals surface area contributed by atoms with Gasteiger partial charge < -0.3 is 10.6 Å². The van der Waals surface area contributed by atoms with Crippen molar-refractivity contribution in [2.24, 2.45) is 4.99 Å². The molecule has 0 atom stereocenters. The fourth-order valence-electron chi connectivity index (χ4n) is 1.85. The third-order valence-corrected chi connectivity index (χ3v) is 3.78. The highest BCUT2D eigenvalue weighted by Gasteiger charge is 2.01. The summed E-state index contributed by atoms with van der Waals surface area (Å²) in [6, 6.07) is 10.4. The molecule has 0 saturated carbocycles. The number of aryl methyl sites for hydroxylation is 1. The highest BCUT2D eigenvalue weighted by atomic mass is 32.1. The van der Waals surface area contributed by atoms with Crippen molar-refractivity contribution in [2.75, 3.05) is 13.6 Å². The van der Waals surface area contributed by atoms with E-state index in [4.69, 9.17) is 0 Å². The molecule has 0 aliphatic carbocycles. The molecule has 0 radical (unpaired) electrons. The molecule has 4 nitrogen and oxygen atoms in total. The number of rotatable bonds is 5. The SMILES string of the molecule is CN=C(NCCc1ccccc1)NCc1cnc(C)s1. The van der Waals surface area contributed by atoms with Crippen molar-refractivity contribution in [3.8, 4) is 0 Å². The molecule has 0 spiro atoms. The van der Waals surface area contributed by atoms with Crippen LogP contribution >= 0.6 is 11.3 Å². The van der Waals surface area contributed by atoms with E-state index in [-0.39, 0.29) is 0 Å². The van der Waals surface area contributed by atoms with Crippen LogP contribution in [0.4, 0.5) is 0 Å². The lowest BCUT2D eigenvalue weighted by molar-refractivity contribution is 0.798. The lowest BCUT2D eigenvalue weighted by atomic mass is 10.1. The van der Waals surface area contributed by atoms with E-state index in [0.717, 1.165) is 30.5 Å². The van der Waals surface area contributed by atoms with E-state index in [9.17, 15) is 0 Å². The van der Waals surface area contributed by atoms with Crippen molar-refractivity contribution in [1.29, 1.82) is 0 Å². The zero-order valence-corrected chi connectivity index (χ0v) is 12.7. The second-order valence-electron chi connectivity index (χ2n) is 4.43. The van der Waals surface area contributed by atoms with Gasteiger partial charge in [-0.25, -0.2) is 4.98 Å². The van der Waals surface area contributed by atoms with Crippen LogP contribution in [0.2, 0.25) is 0 Å². The Morgan fingerprint density at radius 1 is 1.25 bits per heavy atom. The lowest BCUT2D eigenvalue weighted by Gasteiger charge is -2.10. The van der Waals surface area contributed by atoms with Crippen LogP contribution in [0.1, 0.15) is 15.4 Å². The average Bonchev–Trinajstić information content (AvgIpc) is 2.89. The number of guanidine groups is 1. The van der Waals surface area contributed by atoms with Crippen LogP contribution in [-0.2, 0) is 13.0 Å². The molecule has 0 fully saturated rings. The Hall–Kier alpha value is -1.88. The van der Waals surface area contributed by atoms with E-state index in [2.05, 4.69) is 44.9 Å². The number of nitrogens with one attached hydrogen (secondary N) is 2. The fourth-order valence-corrected chi connectivity index (χ4v) is 2.58. The molecular formula is C15H20N4S. The number of thiazole rings is 1. The van der Waals surface area contributed by atoms with Crippen molar-refractivity contribution in [3.63, 3.8) is 0 Å². The van der Waals surface area contributed by atoms with Crippen molar-refractivity contribution in [2.45, 2.75) is 19.9 Å². The van der Waals surface area contributed by atoms with Crippen molar-refractivity contribution in [3.05, 3.63) is 52.0 Å². The highest BCUT2D eigenvalue weighted by Crippen LogP contribution is 2.10. The molecule has 1 aromatic carbocycles. The molecule has 2 N–H and O–H groups in total. The smallest absolute Gasteiger partial charge is 0.191 e. The molecule has 5 heteroatoms. The molecule has 20 heavy (non-hydrogen) atoms. The largest absolute Gasteiger partial charge is 0.356 e. The topological polar surface area (TPSA) is 49.3 Å². The van der Waals surface area contributed by atoms with Crippen molar-refractivity contribution < 1.29 is 0 Å². The Labute approximate surface area is 124 Å². The number of hydrogen-bond donors (Lipinski definition) is 2. The summed E-state index contributed by atoms with van der Waals surface area (Å²) in [5.41, 5.74) is 1.33. The van der Waals surface area contributed by atoms with E-state index < -0.39 is 0 Å². The van der Waals surface area contributed by atoms with Crippen LogP contribution in [0.25, 0.3) is 0 Å². The zero-order valence-electron chi connectivity index (χ0n) is 11.9. The Balaban J connectivity index is 1.73. The number of aliphatic imine (C=N–C) groups is 1. The van der Waals surface area contributed by atoms with Crippen LogP contribution in [0.15, 0.2) is 41.5 Å². The van der Waals surface area contributed by atoms with Gasteiger partial charge in [0.1, 0.15) is 0 Å². The Bertz CT molecular complexity index is 548. The first-order valence-electron chi connectivity index (χ1n) is 6.67. The Kier molecular flexibility index (Phi) is 5.55. The van der Waals surface area contributed by atoms with Gasteiger partial charge in [-0.15, -0.1) is 11.3 Å². The molecule has 0 aliphatic rings. The summed E-state index contributed by atoms with van der Waals surface area (Å²) in [6.07, 6.45) is 2.89. The molecule has 0 aliphatic heterocycles. The quantitative estimate of drug-likeness (QED) is 0.656. The monoisotopic (exact) mass is 288 g/mol. The third kappa shape index (κ3) is 4.66. The summed E-state index contributed by atoms with van der Waals surface area (Å²) >= 11 is 1.70. The standard InChI is InChI=1S/C15H20N4S/c1-12-18-10-14(20-12)11-19-15(16-2)17-9-8-13-6-4-3-5-7-13/h3-7,10H,8-9,11H2,1-2H3,(H2,16,17,19). The van der Waals surface area contributed by atoms with Gasteiger partial charge in [0.15, 0.2) is 5.96 Å². The second kappa shape index (κ2) is 7.65. The van der Waals surface area contributed by atoms with Gasteiger partial charge in [0.05, 0.1) is 11.6 Å². The minimum absolute atomic E-state index is 0.760. The Morgan fingerprint density at radius 2 is 2.05 bits per heavy atom. The van der Waals surface area contributed by atoms with E-state index in [1.165, 1.54) is 10.4 Å². The summed E-state index contributed by atoms with van der Waals surface area (Å²) < 4.78 is 0. The molecule has 1 heterocycles. The summed E-state index contributed by atoms with van der Waals surface area (Å²) in [6.45, 7) is 3.64. The van der Waals surface area contributed by atoms with Crippen LogP contribution in [0, 0.1) is 6.92 Å². The van der Waals surface area contributed by atoms with Crippen LogP contribution in [0.5, 0.6) is 0 Å². The third-order valence-electron chi connectivity index (χ3n) is 2.87. The average molecular weight is 288 g/mol. The first-order chi connectivity index (χ1) is 9.78. The number of hydrogen-bond acceptors (Lipinski definition) is 3. The number of benzene rings is 1. The van der Waals surface area contributed by atoms with Gasteiger partial charge in [-0.2, -0.15) is 0 Å². The summed E-state index contributed by atoms with van der Waals surface area (Å²) in [4.78, 5) is 9.68. The molecule has 0 bridgehead atoms. The van der Waals surface area contributed by atoms with Gasteiger partial charge in [-0.1, -0.05) is 30.3 Å². The van der Waals surface area contributed by atoms with Crippen molar-refractivity contribution >= 4 is 17.3 Å². The fraction of sp³-hybridized carbons (Fsp3) is 0.333. The van der Waals surface area contributed by atoms with Gasteiger partial charge in [0.25, 0.3) is 0 Å². The number of nitrogens with zero attached hydrogens (tertiary/aromatic N) is 2. The second-order valence-corrected chi connectivity index (χ2v) is 5.75. The van der Waals surface area contributed by atoms with E-state index in [0.29, 0.717) is 0 Å². The highest BCUT2D eigenvalue weighted by molar-refractivity contribution is 7.11. The number of aromatic nitrogens is 1. The molecule has 2 rings (SSSR count). The molecule has 106 valence electrons. The maximum absolute atomic E-state index is 4.24. The summed E-state index contributed by atoms with van der Waals surface area (Å²) in [5, 5.41) is 7.70. The van der Waals surface area contributed by atoms with Gasteiger partial charge in [-0.05, 0) is 18.9 Å². The van der Waals surface area contributed by atoms with Gasteiger partial charge in [0, 0.05) is 24.7 Å². The first-order valence-corrected chi connectivity index (χ1v) is 7.49. The predicted molar refractivity (Wildman–Crippen MR) is 85.2 cm³/mol. The van der Waals surface area contributed by atoms with E-state index in [1.54, 1.807) is 18.4 Å². The minimum atomic E-state index is 0.760. The molecule has 2 aromatic rings. The predicted octanol–water partition coefficient (Wildman–Crippen LogP) is 2.36. The maximum Gasteiger partial charge on any atom is 0.191 e. The Morgan fingerprint density at radius 3 is 2.70 bits per heavy atom. The lowest BCUT2D eigenvalue weighted by Crippen LogP contribution is -2.37. The van der Waals surface area contributed by atoms with Crippen LogP contribution < -0.4 is 10.6 Å². The van der Waals surface area contributed by atoms with Crippen molar-refractivity contribution in [1.82, 2.24) is 15.6 Å². The molecule has 1 aromatic heterocycles.